The van der Waals surface area contributed by atoms with Gasteiger partial charge in [-0.15, -0.1) is 0 Å². The molecule has 0 saturated heterocycles. The van der Waals surface area contributed by atoms with Gasteiger partial charge in [-0.25, -0.2) is 0 Å². The van der Waals surface area contributed by atoms with Crippen LogP contribution in [0.2, 0.25) is 0 Å². The van der Waals surface area contributed by atoms with Crippen LogP contribution in [0.4, 0.5) is 0 Å². The van der Waals surface area contributed by atoms with E-state index in [9.17, 15) is 5.11 Å². The Hall–Kier alpha value is -1.10. The molecule has 0 amide bonds. The van der Waals surface area contributed by atoms with E-state index < -0.39 is 6.10 Å². The number of hydrogen-bond acceptors (Lipinski definition) is 4. The Bertz CT molecular complexity index is 316. The average molecular weight is 224 g/mol. The molecular formula is C12H20N2O2. The van der Waals surface area contributed by atoms with E-state index >= 15 is 0 Å². The first-order valence-electron chi connectivity index (χ1n) is 5.36. The van der Waals surface area contributed by atoms with Gasteiger partial charge in [0.05, 0.1) is 0 Å². The maximum atomic E-state index is 9.28. The van der Waals surface area contributed by atoms with Crippen molar-refractivity contribution in [3.63, 3.8) is 0 Å². The van der Waals surface area contributed by atoms with Crippen LogP contribution in [0, 0.1) is 0 Å². The predicted molar refractivity (Wildman–Crippen MR) is 64.4 cm³/mol. The van der Waals surface area contributed by atoms with Crippen LogP contribution >= 0.6 is 0 Å². The zero-order valence-electron chi connectivity index (χ0n) is 9.89. The van der Waals surface area contributed by atoms with Crippen LogP contribution in [0.3, 0.4) is 0 Å². The molecule has 1 aromatic carbocycles. The van der Waals surface area contributed by atoms with Crippen molar-refractivity contribution in [2.75, 3.05) is 27.2 Å². The van der Waals surface area contributed by atoms with Crippen molar-refractivity contribution in [2.45, 2.75) is 12.6 Å². The van der Waals surface area contributed by atoms with Crippen molar-refractivity contribution in [1.82, 2.24) is 4.90 Å². The van der Waals surface area contributed by atoms with Crippen molar-refractivity contribution in [2.24, 2.45) is 5.73 Å². The first kappa shape index (κ1) is 13.0. The standard InChI is InChI=1S/C12H20N2O2/c1-14(2)8-10-4-3-5-12(6-10)16-9-11(15)7-13/h3-6,11,15H,7-9,13H2,1-2H3. The summed E-state index contributed by atoms with van der Waals surface area (Å²) in [6, 6.07) is 7.85. The molecule has 90 valence electrons. The highest BCUT2D eigenvalue weighted by Gasteiger charge is 2.03. The van der Waals surface area contributed by atoms with Gasteiger partial charge in [-0.3, -0.25) is 0 Å². The van der Waals surface area contributed by atoms with Crippen LogP contribution in [0.5, 0.6) is 5.75 Å². The van der Waals surface area contributed by atoms with E-state index in [-0.39, 0.29) is 13.2 Å². The first-order valence-corrected chi connectivity index (χ1v) is 5.36. The molecule has 1 atom stereocenters. The summed E-state index contributed by atoms with van der Waals surface area (Å²) >= 11 is 0. The zero-order valence-corrected chi connectivity index (χ0v) is 9.89. The topological polar surface area (TPSA) is 58.7 Å². The van der Waals surface area contributed by atoms with E-state index in [1.807, 2.05) is 38.4 Å². The lowest BCUT2D eigenvalue weighted by Crippen LogP contribution is -2.26. The summed E-state index contributed by atoms with van der Waals surface area (Å²) in [6.07, 6.45) is -0.600. The SMILES string of the molecule is CN(C)Cc1cccc(OCC(O)CN)c1. The number of aliphatic hydroxyl groups excluding tert-OH is 1. The number of hydrogen-bond donors (Lipinski definition) is 2. The summed E-state index contributed by atoms with van der Waals surface area (Å²) in [4.78, 5) is 2.09. The molecule has 0 heterocycles. The van der Waals surface area contributed by atoms with E-state index in [2.05, 4.69) is 4.90 Å². The molecule has 0 aromatic heterocycles. The Morgan fingerprint density at radius 2 is 2.19 bits per heavy atom. The highest BCUT2D eigenvalue weighted by Crippen LogP contribution is 2.14. The first-order chi connectivity index (χ1) is 7.61. The fourth-order valence-corrected chi connectivity index (χ4v) is 1.36. The van der Waals surface area contributed by atoms with Crippen molar-refractivity contribution < 1.29 is 9.84 Å². The summed E-state index contributed by atoms with van der Waals surface area (Å²) in [5, 5.41) is 9.28. The van der Waals surface area contributed by atoms with Crippen LogP contribution in [0.1, 0.15) is 5.56 Å². The van der Waals surface area contributed by atoms with Gasteiger partial charge in [0, 0.05) is 13.1 Å². The lowest BCUT2D eigenvalue weighted by molar-refractivity contribution is 0.114. The molecule has 0 bridgehead atoms. The molecule has 1 rings (SSSR count). The number of nitrogens with zero attached hydrogens (tertiary/aromatic N) is 1. The molecule has 1 aromatic rings. The number of rotatable bonds is 6. The van der Waals surface area contributed by atoms with E-state index in [1.165, 1.54) is 5.56 Å². The second-order valence-electron chi connectivity index (χ2n) is 4.09. The molecule has 0 aliphatic carbocycles. The molecule has 0 spiro atoms. The van der Waals surface area contributed by atoms with Gasteiger partial charge in [0.1, 0.15) is 18.5 Å². The molecule has 4 heteroatoms. The highest BCUT2D eigenvalue weighted by atomic mass is 16.5. The smallest absolute Gasteiger partial charge is 0.119 e. The van der Waals surface area contributed by atoms with E-state index in [4.69, 9.17) is 10.5 Å². The summed E-state index contributed by atoms with van der Waals surface area (Å²) in [5.74, 6) is 0.770. The number of benzene rings is 1. The fourth-order valence-electron chi connectivity index (χ4n) is 1.36. The maximum Gasteiger partial charge on any atom is 0.119 e. The number of nitrogens with two attached hydrogens (primary N) is 1. The fraction of sp³-hybridized carbons (Fsp3) is 0.500. The second kappa shape index (κ2) is 6.48. The molecule has 0 radical (unpaired) electrons. The third-order valence-electron chi connectivity index (χ3n) is 2.11. The third-order valence-corrected chi connectivity index (χ3v) is 2.11. The Labute approximate surface area is 96.6 Å². The van der Waals surface area contributed by atoms with E-state index in [0.29, 0.717) is 0 Å². The summed E-state index contributed by atoms with van der Waals surface area (Å²) in [6.45, 7) is 1.33. The van der Waals surface area contributed by atoms with Gasteiger partial charge < -0.3 is 20.5 Å². The highest BCUT2D eigenvalue weighted by molar-refractivity contribution is 5.28. The zero-order chi connectivity index (χ0) is 12.0. The summed E-state index contributed by atoms with van der Waals surface area (Å²) in [7, 11) is 4.04. The van der Waals surface area contributed by atoms with Crippen LogP contribution < -0.4 is 10.5 Å². The Morgan fingerprint density at radius 1 is 1.44 bits per heavy atom. The largest absolute Gasteiger partial charge is 0.491 e. The third kappa shape index (κ3) is 4.61. The Morgan fingerprint density at radius 3 is 2.81 bits per heavy atom. The van der Waals surface area contributed by atoms with Crippen molar-refractivity contribution >= 4 is 0 Å². The van der Waals surface area contributed by atoms with Crippen LogP contribution in [-0.4, -0.2) is 43.4 Å². The van der Waals surface area contributed by atoms with Gasteiger partial charge >= 0.3 is 0 Å². The normalized spacial score (nSPS) is 12.8. The van der Waals surface area contributed by atoms with Gasteiger partial charge in [0.2, 0.25) is 0 Å². The Balaban J connectivity index is 2.53. The maximum absolute atomic E-state index is 9.28. The molecule has 4 nitrogen and oxygen atoms in total. The minimum Gasteiger partial charge on any atom is -0.491 e. The molecule has 3 N–H and O–H groups in total. The minimum absolute atomic E-state index is 0.220. The Kier molecular flexibility index (Phi) is 5.25. The molecular weight excluding hydrogens is 204 g/mol. The van der Waals surface area contributed by atoms with Crippen molar-refractivity contribution in [1.29, 1.82) is 0 Å². The second-order valence-corrected chi connectivity index (χ2v) is 4.09. The molecule has 0 aliphatic heterocycles. The average Bonchev–Trinajstić information content (AvgIpc) is 2.25. The molecule has 1 unspecified atom stereocenters. The predicted octanol–water partition coefficient (Wildman–Crippen LogP) is 0.447. The monoisotopic (exact) mass is 224 g/mol. The van der Waals surface area contributed by atoms with E-state index in [0.717, 1.165) is 12.3 Å². The van der Waals surface area contributed by atoms with Gasteiger partial charge in [0.15, 0.2) is 0 Å². The van der Waals surface area contributed by atoms with Crippen LogP contribution in [-0.2, 0) is 6.54 Å². The van der Waals surface area contributed by atoms with Crippen LogP contribution in [0.25, 0.3) is 0 Å². The van der Waals surface area contributed by atoms with Crippen LogP contribution in [0.15, 0.2) is 24.3 Å². The minimum atomic E-state index is -0.600. The van der Waals surface area contributed by atoms with E-state index in [1.54, 1.807) is 0 Å². The lowest BCUT2D eigenvalue weighted by atomic mass is 10.2. The molecule has 0 aliphatic rings. The van der Waals surface area contributed by atoms with Gasteiger partial charge in [-0.1, -0.05) is 12.1 Å². The molecule has 16 heavy (non-hydrogen) atoms. The van der Waals surface area contributed by atoms with Gasteiger partial charge in [0.25, 0.3) is 0 Å². The number of aliphatic hydroxyl groups is 1. The number of ether oxygens (including phenoxy) is 1. The molecule has 0 fully saturated rings. The van der Waals surface area contributed by atoms with Crippen molar-refractivity contribution in [3.05, 3.63) is 29.8 Å². The quantitative estimate of drug-likeness (QED) is 0.736. The summed E-state index contributed by atoms with van der Waals surface area (Å²) < 4.78 is 5.43. The van der Waals surface area contributed by atoms with Gasteiger partial charge in [-0.2, -0.15) is 0 Å². The molecule has 0 saturated carbocycles. The van der Waals surface area contributed by atoms with Gasteiger partial charge in [-0.05, 0) is 31.8 Å². The summed E-state index contributed by atoms with van der Waals surface area (Å²) in [5.41, 5.74) is 6.48. The van der Waals surface area contributed by atoms with Crippen molar-refractivity contribution in [3.8, 4) is 5.75 Å². The lowest BCUT2D eigenvalue weighted by Gasteiger charge is -2.13.